The lowest BCUT2D eigenvalue weighted by molar-refractivity contribution is 0.255. The highest BCUT2D eigenvalue weighted by Gasteiger charge is 2.18. The molecule has 158 valence electrons. The number of piperidine rings is 1. The fourth-order valence-corrected chi connectivity index (χ4v) is 4.87. The summed E-state index contributed by atoms with van der Waals surface area (Å²) in [6.07, 6.45) is 9.98. The monoisotopic (exact) mass is 419 g/mol. The van der Waals surface area contributed by atoms with Crippen molar-refractivity contribution in [2.24, 2.45) is 0 Å². The first kappa shape index (κ1) is 19.1. The Morgan fingerprint density at radius 3 is 2.56 bits per heavy atom. The van der Waals surface area contributed by atoms with Crippen LogP contribution in [-0.4, -0.2) is 44.4 Å². The smallest absolute Gasteiger partial charge is 0.137 e. The zero-order valence-corrected chi connectivity index (χ0v) is 18.1. The maximum atomic E-state index is 4.70. The molecule has 0 saturated carbocycles. The SMILES string of the molecule is CN1CCC(c2ccc(-c3ccn4c(-c5cccc6cncnc56)cnc4c3)cc2)CC1. The highest BCUT2D eigenvalue weighted by molar-refractivity contribution is 5.92. The Kier molecular flexibility index (Phi) is 4.69. The van der Waals surface area contributed by atoms with Gasteiger partial charge in [0.15, 0.2) is 0 Å². The van der Waals surface area contributed by atoms with Gasteiger partial charge in [-0.05, 0) is 67.7 Å². The van der Waals surface area contributed by atoms with Crippen LogP contribution in [0.1, 0.15) is 24.3 Å². The van der Waals surface area contributed by atoms with Crippen LogP contribution in [0.25, 0.3) is 38.9 Å². The molecule has 0 atom stereocenters. The van der Waals surface area contributed by atoms with Gasteiger partial charge in [0.25, 0.3) is 0 Å². The Morgan fingerprint density at radius 2 is 1.72 bits per heavy atom. The number of fused-ring (bicyclic) bond motifs is 2. The standard InChI is InChI=1S/C27H25N5/c1-31-12-9-21(10-13-31)19-5-7-20(8-6-19)22-11-14-32-25(17-29-26(32)15-22)24-4-2-3-23-16-28-18-30-27(23)24/h2-8,11,14-18,21H,9-10,12-13H2,1H3. The summed E-state index contributed by atoms with van der Waals surface area (Å²) < 4.78 is 2.13. The molecule has 1 aliphatic rings. The number of benzene rings is 2. The predicted molar refractivity (Wildman–Crippen MR) is 129 cm³/mol. The summed E-state index contributed by atoms with van der Waals surface area (Å²) in [6, 6.07) is 19.6. The number of likely N-dealkylation sites (tertiary alicyclic amines) is 1. The third-order valence-electron chi connectivity index (χ3n) is 6.76. The van der Waals surface area contributed by atoms with Crippen molar-refractivity contribution in [2.75, 3.05) is 20.1 Å². The molecule has 0 spiro atoms. The van der Waals surface area contributed by atoms with Crippen molar-refractivity contribution in [3.8, 4) is 22.4 Å². The third kappa shape index (κ3) is 3.35. The summed E-state index contributed by atoms with van der Waals surface area (Å²) in [5.74, 6) is 0.682. The highest BCUT2D eigenvalue weighted by atomic mass is 15.1. The molecule has 32 heavy (non-hydrogen) atoms. The van der Waals surface area contributed by atoms with Crippen molar-refractivity contribution in [3.05, 3.63) is 85.1 Å². The second-order valence-corrected chi connectivity index (χ2v) is 8.75. The molecule has 0 unspecified atom stereocenters. The fourth-order valence-electron chi connectivity index (χ4n) is 4.87. The van der Waals surface area contributed by atoms with E-state index in [-0.39, 0.29) is 0 Å². The molecule has 0 bridgehead atoms. The normalized spacial score (nSPS) is 15.5. The van der Waals surface area contributed by atoms with E-state index in [4.69, 9.17) is 4.98 Å². The number of aromatic nitrogens is 4. The van der Waals surface area contributed by atoms with Crippen LogP contribution in [0.3, 0.4) is 0 Å². The number of nitrogens with zero attached hydrogens (tertiary/aromatic N) is 5. The third-order valence-corrected chi connectivity index (χ3v) is 6.76. The summed E-state index contributed by atoms with van der Waals surface area (Å²) in [5, 5.41) is 1.03. The predicted octanol–water partition coefficient (Wildman–Crippen LogP) is 5.42. The average Bonchev–Trinajstić information content (AvgIpc) is 3.27. The van der Waals surface area contributed by atoms with E-state index in [0.717, 1.165) is 27.8 Å². The van der Waals surface area contributed by atoms with Gasteiger partial charge in [-0.25, -0.2) is 15.0 Å². The maximum Gasteiger partial charge on any atom is 0.137 e. The number of para-hydroxylation sites is 1. The molecular formula is C27H25N5. The first-order valence-electron chi connectivity index (χ1n) is 11.2. The first-order chi connectivity index (χ1) is 15.8. The van der Waals surface area contributed by atoms with Crippen LogP contribution in [0.2, 0.25) is 0 Å². The molecule has 1 saturated heterocycles. The van der Waals surface area contributed by atoms with E-state index in [0.29, 0.717) is 5.92 Å². The Bertz CT molecular complexity index is 1390. The molecule has 5 heteroatoms. The van der Waals surface area contributed by atoms with Crippen LogP contribution in [0.4, 0.5) is 0 Å². The minimum Gasteiger partial charge on any atom is -0.306 e. The van der Waals surface area contributed by atoms with Crippen LogP contribution in [0.15, 0.2) is 79.5 Å². The van der Waals surface area contributed by atoms with Gasteiger partial charge in [-0.3, -0.25) is 4.40 Å². The van der Waals surface area contributed by atoms with Crippen molar-refractivity contribution in [3.63, 3.8) is 0 Å². The summed E-state index contributed by atoms with van der Waals surface area (Å²) in [5.41, 5.74) is 7.85. The number of rotatable bonds is 3. The molecule has 6 rings (SSSR count). The average molecular weight is 420 g/mol. The lowest BCUT2D eigenvalue weighted by Gasteiger charge is -2.29. The summed E-state index contributed by atoms with van der Waals surface area (Å²) in [7, 11) is 2.21. The van der Waals surface area contributed by atoms with Gasteiger partial charge in [-0.1, -0.05) is 42.5 Å². The number of pyridine rings is 1. The molecular weight excluding hydrogens is 394 g/mol. The molecule has 4 heterocycles. The minimum absolute atomic E-state index is 0.682. The van der Waals surface area contributed by atoms with Crippen LogP contribution in [0, 0.1) is 0 Å². The molecule has 0 aliphatic carbocycles. The Hall–Kier alpha value is -3.57. The van der Waals surface area contributed by atoms with Crippen LogP contribution < -0.4 is 0 Å². The second kappa shape index (κ2) is 7.84. The van der Waals surface area contributed by atoms with E-state index in [1.807, 2.05) is 24.5 Å². The van der Waals surface area contributed by atoms with Crippen molar-refractivity contribution in [1.82, 2.24) is 24.3 Å². The van der Waals surface area contributed by atoms with Gasteiger partial charge < -0.3 is 4.90 Å². The molecule has 2 aromatic carbocycles. The molecule has 5 aromatic rings. The Balaban J connectivity index is 1.33. The number of hydrogen-bond donors (Lipinski definition) is 0. The summed E-state index contributed by atoms with van der Waals surface area (Å²) >= 11 is 0. The topological polar surface area (TPSA) is 46.3 Å². The van der Waals surface area contributed by atoms with E-state index in [1.54, 1.807) is 6.33 Å². The molecule has 0 radical (unpaired) electrons. The fraction of sp³-hybridized carbons (Fsp3) is 0.222. The highest BCUT2D eigenvalue weighted by Crippen LogP contribution is 2.31. The Labute approximate surface area is 187 Å². The zero-order valence-electron chi connectivity index (χ0n) is 18.1. The molecule has 3 aromatic heterocycles. The molecule has 1 fully saturated rings. The zero-order chi connectivity index (χ0) is 21.5. The van der Waals surface area contributed by atoms with E-state index in [1.165, 1.54) is 42.6 Å². The second-order valence-electron chi connectivity index (χ2n) is 8.75. The summed E-state index contributed by atoms with van der Waals surface area (Å²) in [4.78, 5) is 15.8. The van der Waals surface area contributed by atoms with Crippen LogP contribution in [-0.2, 0) is 0 Å². The molecule has 0 N–H and O–H groups in total. The molecule has 1 aliphatic heterocycles. The van der Waals surface area contributed by atoms with Crippen molar-refractivity contribution >= 4 is 16.6 Å². The van der Waals surface area contributed by atoms with E-state index in [9.17, 15) is 0 Å². The molecule has 0 amide bonds. The lowest BCUT2D eigenvalue weighted by Crippen LogP contribution is -2.29. The lowest BCUT2D eigenvalue weighted by atomic mass is 9.89. The van der Waals surface area contributed by atoms with Gasteiger partial charge in [0.05, 0.1) is 17.4 Å². The summed E-state index contributed by atoms with van der Waals surface area (Å²) in [6.45, 7) is 2.38. The van der Waals surface area contributed by atoms with Crippen molar-refractivity contribution < 1.29 is 0 Å². The van der Waals surface area contributed by atoms with Crippen molar-refractivity contribution in [2.45, 2.75) is 18.8 Å². The number of imidazole rings is 1. The van der Waals surface area contributed by atoms with Gasteiger partial charge in [0, 0.05) is 23.3 Å². The maximum absolute atomic E-state index is 4.70. The van der Waals surface area contributed by atoms with Gasteiger partial charge in [-0.15, -0.1) is 0 Å². The minimum atomic E-state index is 0.682. The van der Waals surface area contributed by atoms with E-state index < -0.39 is 0 Å². The largest absolute Gasteiger partial charge is 0.306 e. The van der Waals surface area contributed by atoms with E-state index in [2.05, 4.69) is 75.0 Å². The van der Waals surface area contributed by atoms with Gasteiger partial charge in [0.1, 0.15) is 12.0 Å². The van der Waals surface area contributed by atoms with Gasteiger partial charge in [-0.2, -0.15) is 0 Å². The van der Waals surface area contributed by atoms with E-state index >= 15 is 0 Å². The van der Waals surface area contributed by atoms with Crippen LogP contribution in [0.5, 0.6) is 0 Å². The quantitative estimate of drug-likeness (QED) is 0.392. The molecule has 5 nitrogen and oxygen atoms in total. The van der Waals surface area contributed by atoms with Crippen molar-refractivity contribution in [1.29, 1.82) is 0 Å². The first-order valence-corrected chi connectivity index (χ1v) is 11.2. The Morgan fingerprint density at radius 1 is 0.875 bits per heavy atom. The van der Waals surface area contributed by atoms with Gasteiger partial charge in [0.2, 0.25) is 0 Å². The number of hydrogen-bond acceptors (Lipinski definition) is 4. The van der Waals surface area contributed by atoms with Crippen LogP contribution >= 0.6 is 0 Å². The van der Waals surface area contributed by atoms with Gasteiger partial charge >= 0.3 is 0 Å².